The second-order valence-corrected chi connectivity index (χ2v) is 7.57. The fraction of sp³-hybridized carbons (Fsp3) is 0.231. The van der Waals surface area contributed by atoms with Gasteiger partial charge in [-0.3, -0.25) is 9.59 Å². The highest BCUT2D eigenvalue weighted by atomic mass is 19.1. The Labute approximate surface area is 182 Å². The fourth-order valence-electron chi connectivity index (χ4n) is 3.57. The first-order valence-corrected chi connectivity index (χ1v) is 10.3. The number of hydrogen-bond acceptors (Lipinski definition) is 2. The third kappa shape index (κ3) is 6.01. The van der Waals surface area contributed by atoms with E-state index >= 15 is 0 Å². The summed E-state index contributed by atoms with van der Waals surface area (Å²) in [6, 6.07) is 22.7. The molecule has 0 heterocycles. The molecule has 0 saturated heterocycles. The summed E-state index contributed by atoms with van der Waals surface area (Å²) in [5, 5.41) is 2.71. The van der Waals surface area contributed by atoms with Crippen LogP contribution >= 0.6 is 0 Å². The van der Waals surface area contributed by atoms with Crippen LogP contribution in [0.1, 0.15) is 22.3 Å². The van der Waals surface area contributed by atoms with Gasteiger partial charge in [0.2, 0.25) is 11.8 Å². The van der Waals surface area contributed by atoms with Crippen molar-refractivity contribution in [2.75, 3.05) is 7.05 Å². The van der Waals surface area contributed by atoms with E-state index in [9.17, 15) is 14.0 Å². The molecule has 0 aliphatic rings. The number of halogens is 1. The number of hydrogen-bond donors (Lipinski definition) is 1. The summed E-state index contributed by atoms with van der Waals surface area (Å²) >= 11 is 0. The Morgan fingerprint density at radius 1 is 0.903 bits per heavy atom. The van der Waals surface area contributed by atoms with Crippen LogP contribution in [0.3, 0.4) is 0 Å². The first kappa shape index (κ1) is 22.2. The van der Waals surface area contributed by atoms with Gasteiger partial charge in [0.05, 0.1) is 6.42 Å². The van der Waals surface area contributed by atoms with Crippen molar-refractivity contribution in [1.82, 2.24) is 10.2 Å². The SMILES string of the molecule is CNC(=O)C(Cc1ccccc1)N(Cc1ccccc1C)C(=O)Cc1ccc(F)cc1. The molecule has 160 valence electrons. The van der Waals surface area contributed by atoms with E-state index in [-0.39, 0.29) is 24.1 Å². The molecule has 3 aromatic rings. The Morgan fingerprint density at radius 3 is 2.19 bits per heavy atom. The first-order valence-electron chi connectivity index (χ1n) is 10.3. The second-order valence-electron chi connectivity index (χ2n) is 7.57. The van der Waals surface area contributed by atoms with Gasteiger partial charge in [-0.1, -0.05) is 66.7 Å². The lowest BCUT2D eigenvalue weighted by Crippen LogP contribution is -2.50. The summed E-state index contributed by atoms with van der Waals surface area (Å²) < 4.78 is 13.3. The predicted molar refractivity (Wildman–Crippen MR) is 120 cm³/mol. The lowest BCUT2D eigenvalue weighted by Gasteiger charge is -2.31. The van der Waals surface area contributed by atoms with Crippen LogP contribution in [0.2, 0.25) is 0 Å². The normalized spacial score (nSPS) is 11.6. The molecule has 0 aromatic heterocycles. The van der Waals surface area contributed by atoms with Crippen molar-refractivity contribution >= 4 is 11.8 Å². The zero-order chi connectivity index (χ0) is 22.2. The Hall–Kier alpha value is -3.47. The zero-order valence-electron chi connectivity index (χ0n) is 17.8. The quantitative estimate of drug-likeness (QED) is 0.600. The molecule has 5 heteroatoms. The molecule has 0 aliphatic heterocycles. The van der Waals surface area contributed by atoms with Gasteiger partial charge in [-0.05, 0) is 41.3 Å². The Balaban J connectivity index is 1.94. The number of amides is 2. The van der Waals surface area contributed by atoms with Gasteiger partial charge in [0, 0.05) is 20.0 Å². The van der Waals surface area contributed by atoms with E-state index in [4.69, 9.17) is 0 Å². The van der Waals surface area contributed by atoms with Crippen molar-refractivity contribution in [3.05, 3.63) is 107 Å². The Kier molecular flexibility index (Phi) is 7.55. The highest BCUT2D eigenvalue weighted by Gasteiger charge is 2.30. The van der Waals surface area contributed by atoms with E-state index in [1.165, 1.54) is 12.1 Å². The minimum Gasteiger partial charge on any atom is -0.357 e. The number of likely N-dealkylation sites (N-methyl/N-ethyl adjacent to an activating group) is 1. The number of aryl methyl sites for hydroxylation is 1. The molecular formula is C26H27FN2O2. The smallest absolute Gasteiger partial charge is 0.242 e. The summed E-state index contributed by atoms with van der Waals surface area (Å²) in [4.78, 5) is 27.9. The van der Waals surface area contributed by atoms with Gasteiger partial charge in [0.1, 0.15) is 11.9 Å². The Morgan fingerprint density at radius 2 is 1.55 bits per heavy atom. The zero-order valence-corrected chi connectivity index (χ0v) is 17.8. The van der Waals surface area contributed by atoms with E-state index in [2.05, 4.69) is 5.32 Å². The van der Waals surface area contributed by atoms with Crippen LogP contribution in [0.5, 0.6) is 0 Å². The van der Waals surface area contributed by atoms with Crippen molar-refractivity contribution in [1.29, 1.82) is 0 Å². The third-order valence-corrected chi connectivity index (χ3v) is 5.39. The fourth-order valence-corrected chi connectivity index (χ4v) is 3.57. The van der Waals surface area contributed by atoms with Crippen molar-refractivity contribution in [3.8, 4) is 0 Å². The van der Waals surface area contributed by atoms with Crippen LogP contribution < -0.4 is 5.32 Å². The molecule has 0 radical (unpaired) electrons. The molecule has 2 amide bonds. The summed E-state index contributed by atoms with van der Waals surface area (Å²) in [6.45, 7) is 2.31. The molecule has 31 heavy (non-hydrogen) atoms. The molecule has 0 spiro atoms. The van der Waals surface area contributed by atoms with Gasteiger partial charge in [0.25, 0.3) is 0 Å². The van der Waals surface area contributed by atoms with Crippen LogP contribution in [-0.2, 0) is 29.0 Å². The van der Waals surface area contributed by atoms with Crippen molar-refractivity contribution in [2.24, 2.45) is 0 Å². The number of carbonyl (C=O) groups is 2. The molecule has 0 fully saturated rings. The second kappa shape index (κ2) is 10.5. The molecule has 0 saturated carbocycles. The molecule has 0 aliphatic carbocycles. The average Bonchev–Trinajstić information content (AvgIpc) is 2.79. The van der Waals surface area contributed by atoms with Gasteiger partial charge >= 0.3 is 0 Å². The number of nitrogens with zero attached hydrogens (tertiary/aromatic N) is 1. The van der Waals surface area contributed by atoms with E-state index < -0.39 is 6.04 Å². The summed E-state index contributed by atoms with van der Waals surface area (Å²) in [5.41, 5.74) is 3.71. The van der Waals surface area contributed by atoms with Gasteiger partial charge in [0.15, 0.2) is 0 Å². The number of benzene rings is 3. The molecular weight excluding hydrogens is 391 g/mol. The van der Waals surface area contributed by atoms with E-state index in [0.29, 0.717) is 18.5 Å². The van der Waals surface area contributed by atoms with E-state index in [1.807, 2.05) is 61.5 Å². The lowest BCUT2D eigenvalue weighted by molar-refractivity contribution is -0.140. The van der Waals surface area contributed by atoms with Gasteiger partial charge < -0.3 is 10.2 Å². The standard InChI is InChI=1S/C26H27FN2O2/c1-19-8-6-7-11-22(19)18-29(25(30)17-21-12-14-23(27)15-13-21)24(26(31)28-2)16-20-9-4-3-5-10-20/h3-15,24H,16-18H2,1-2H3,(H,28,31). The van der Waals surface area contributed by atoms with Crippen molar-refractivity contribution < 1.29 is 14.0 Å². The van der Waals surface area contributed by atoms with E-state index in [0.717, 1.165) is 16.7 Å². The van der Waals surface area contributed by atoms with Gasteiger partial charge in [-0.15, -0.1) is 0 Å². The van der Waals surface area contributed by atoms with E-state index in [1.54, 1.807) is 24.1 Å². The van der Waals surface area contributed by atoms with Crippen LogP contribution in [-0.4, -0.2) is 29.8 Å². The molecule has 1 unspecified atom stereocenters. The maximum absolute atomic E-state index is 13.4. The molecule has 1 atom stereocenters. The number of carbonyl (C=O) groups excluding carboxylic acids is 2. The lowest BCUT2D eigenvalue weighted by atomic mass is 10.0. The molecule has 3 aromatic carbocycles. The molecule has 0 bridgehead atoms. The van der Waals surface area contributed by atoms with Gasteiger partial charge in [-0.25, -0.2) is 4.39 Å². The third-order valence-electron chi connectivity index (χ3n) is 5.39. The largest absolute Gasteiger partial charge is 0.357 e. The summed E-state index contributed by atoms with van der Waals surface area (Å²) in [6.07, 6.45) is 0.496. The van der Waals surface area contributed by atoms with Crippen LogP contribution in [0.4, 0.5) is 4.39 Å². The molecule has 1 N–H and O–H groups in total. The monoisotopic (exact) mass is 418 g/mol. The predicted octanol–water partition coefficient (Wildman–Crippen LogP) is 4.06. The van der Waals surface area contributed by atoms with Crippen LogP contribution in [0, 0.1) is 12.7 Å². The average molecular weight is 419 g/mol. The molecule has 3 rings (SSSR count). The minimum absolute atomic E-state index is 0.0917. The maximum Gasteiger partial charge on any atom is 0.242 e. The van der Waals surface area contributed by atoms with Crippen LogP contribution in [0.25, 0.3) is 0 Å². The topological polar surface area (TPSA) is 49.4 Å². The summed E-state index contributed by atoms with van der Waals surface area (Å²) in [5.74, 6) is -0.746. The highest BCUT2D eigenvalue weighted by molar-refractivity contribution is 5.88. The van der Waals surface area contributed by atoms with Crippen LogP contribution in [0.15, 0.2) is 78.9 Å². The van der Waals surface area contributed by atoms with Crippen molar-refractivity contribution in [2.45, 2.75) is 32.4 Å². The maximum atomic E-state index is 13.4. The summed E-state index contributed by atoms with van der Waals surface area (Å²) in [7, 11) is 1.58. The number of rotatable bonds is 8. The minimum atomic E-state index is -0.667. The highest BCUT2D eigenvalue weighted by Crippen LogP contribution is 2.18. The Bertz CT molecular complexity index is 1020. The van der Waals surface area contributed by atoms with Crippen molar-refractivity contribution in [3.63, 3.8) is 0 Å². The first-order chi connectivity index (χ1) is 15.0. The molecule has 4 nitrogen and oxygen atoms in total. The number of nitrogens with one attached hydrogen (secondary N) is 1. The van der Waals surface area contributed by atoms with Gasteiger partial charge in [-0.2, -0.15) is 0 Å².